The molecule has 5 heteroatoms. The highest BCUT2D eigenvalue weighted by atomic mass is 19.1. The Hall–Kier alpha value is -1.90. The summed E-state index contributed by atoms with van der Waals surface area (Å²) in [7, 11) is 0. The second-order valence-electron chi connectivity index (χ2n) is 5.06. The van der Waals surface area contributed by atoms with Gasteiger partial charge >= 0.3 is 0 Å². The van der Waals surface area contributed by atoms with Gasteiger partial charge in [-0.15, -0.1) is 0 Å². The Morgan fingerprint density at radius 2 is 2.24 bits per heavy atom. The van der Waals surface area contributed by atoms with Crippen LogP contribution in [0.4, 0.5) is 4.39 Å². The minimum Gasteiger partial charge on any atom is -0.396 e. The van der Waals surface area contributed by atoms with Crippen LogP contribution in [-0.4, -0.2) is 47.3 Å². The molecule has 0 saturated carbocycles. The molecule has 112 valence electrons. The Morgan fingerprint density at radius 1 is 1.43 bits per heavy atom. The lowest BCUT2D eigenvalue weighted by Crippen LogP contribution is -2.29. The number of aliphatic hydroxyl groups excluding tert-OH is 2. The van der Waals surface area contributed by atoms with Crippen LogP contribution in [0.5, 0.6) is 0 Å². The van der Waals surface area contributed by atoms with Crippen LogP contribution in [0.2, 0.25) is 0 Å². The summed E-state index contributed by atoms with van der Waals surface area (Å²) in [6.45, 7) is 1.10. The van der Waals surface area contributed by atoms with Gasteiger partial charge in [0.15, 0.2) is 0 Å². The number of rotatable bonds is 3. The lowest BCUT2D eigenvalue weighted by molar-refractivity contribution is 0.0781. The summed E-state index contributed by atoms with van der Waals surface area (Å²) < 4.78 is 13.9. The first-order valence-corrected chi connectivity index (χ1v) is 6.95. The zero-order valence-electron chi connectivity index (χ0n) is 11.7. The topological polar surface area (TPSA) is 60.8 Å². The summed E-state index contributed by atoms with van der Waals surface area (Å²) in [5.74, 6) is 4.62. The summed E-state index contributed by atoms with van der Waals surface area (Å²) in [5, 5.41) is 17.7. The fourth-order valence-electron chi connectivity index (χ4n) is 2.31. The number of hydrogen-bond donors (Lipinski definition) is 2. The van der Waals surface area contributed by atoms with E-state index < -0.39 is 5.82 Å². The Bertz CT molecular complexity index is 577. The van der Waals surface area contributed by atoms with Crippen LogP contribution in [0.3, 0.4) is 0 Å². The number of amides is 1. The maximum atomic E-state index is 13.9. The highest BCUT2D eigenvalue weighted by molar-refractivity contribution is 5.94. The van der Waals surface area contributed by atoms with E-state index in [-0.39, 0.29) is 37.0 Å². The summed E-state index contributed by atoms with van der Waals surface area (Å²) in [4.78, 5) is 13.9. The van der Waals surface area contributed by atoms with Crippen molar-refractivity contribution in [3.05, 3.63) is 35.1 Å². The molecule has 2 N–H and O–H groups in total. The van der Waals surface area contributed by atoms with E-state index in [4.69, 9.17) is 10.2 Å². The molecule has 0 bridgehead atoms. The number of aliphatic hydroxyl groups is 2. The molecule has 0 aromatic heterocycles. The third kappa shape index (κ3) is 3.81. The molecule has 1 aliphatic heterocycles. The average molecular weight is 291 g/mol. The molecule has 1 saturated heterocycles. The molecule has 4 nitrogen and oxygen atoms in total. The van der Waals surface area contributed by atoms with Crippen molar-refractivity contribution in [2.75, 3.05) is 26.3 Å². The minimum absolute atomic E-state index is 0.0633. The number of likely N-dealkylation sites (tertiary alicyclic amines) is 1. The largest absolute Gasteiger partial charge is 0.396 e. The van der Waals surface area contributed by atoms with Gasteiger partial charge in [0.1, 0.15) is 5.82 Å². The Labute approximate surface area is 123 Å². The van der Waals surface area contributed by atoms with E-state index in [0.29, 0.717) is 18.7 Å². The average Bonchev–Trinajstić information content (AvgIpc) is 2.97. The molecule has 1 aromatic carbocycles. The van der Waals surface area contributed by atoms with Crippen molar-refractivity contribution in [3.63, 3.8) is 0 Å². The van der Waals surface area contributed by atoms with E-state index in [1.807, 2.05) is 0 Å². The molecule has 0 spiro atoms. The van der Waals surface area contributed by atoms with E-state index in [0.717, 1.165) is 6.42 Å². The van der Waals surface area contributed by atoms with Crippen LogP contribution in [0, 0.1) is 23.6 Å². The van der Waals surface area contributed by atoms with E-state index in [1.54, 1.807) is 11.0 Å². The molecule has 1 aromatic rings. The van der Waals surface area contributed by atoms with Crippen LogP contribution >= 0.6 is 0 Å². The molecule has 21 heavy (non-hydrogen) atoms. The first-order chi connectivity index (χ1) is 10.2. The van der Waals surface area contributed by atoms with Gasteiger partial charge in [-0.1, -0.05) is 11.8 Å². The summed E-state index contributed by atoms with van der Waals surface area (Å²) in [6.07, 6.45) is 1.06. The van der Waals surface area contributed by atoms with Crippen molar-refractivity contribution in [2.45, 2.75) is 12.8 Å². The summed E-state index contributed by atoms with van der Waals surface area (Å²) >= 11 is 0. The number of hydrogen-bond acceptors (Lipinski definition) is 3. The van der Waals surface area contributed by atoms with E-state index in [1.165, 1.54) is 12.1 Å². The van der Waals surface area contributed by atoms with Crippen molar-refractivity contribution >= 4 is 5.91 Å². The van der Waals surface area contributed by atoms with Gasteiger partial charge in [0.05, 0.1) is 12.2 Å². The van der Waals surface area contributed by atoms with Crippen molar-refractivity contribution < 1.29 is 19.4 Å². The maximum Gasteiger partial charge on any atom is 0.253 e. The molecule has 1 unspecified atom stereocenters. The van der Waals surface area contributed by atoms with Gasteiger partial charge in [0, 0.05) is 37.6 Å². The third-order valence-corrected chi connectivity index (χ3v) is 3.51. The second kappa shape index (κ2) is 7.21. The predicted octanol–water partition coefficient (Wildman–Crippen LogP) is 1.01. The quantitative estimate of drug-likeness (QED) is 0.817. The highest BCUT2D eigenvalue weighted by Crippen LogP contribution is 2.19. The Kier molecular flexibility index (Phi) is 5.32. The number of carbonyl (C=O) groups excluding carboxylic acids is 1. The Morgan fingerprint density at radius 3 is 2.86 bits per heavy atom. The van der Waals surface area contributed by atoms with Crippen molar-refractivity contribution in [1.29, 1.82) is 0 Å². The van der Waals surface area contributed by atoms with Crippen molar-refractivity contribution in [2.24, 2.45) is 5.92 Å². The molecule has 2 rings (SSSR count). The fourth-order valence-corrected chi connectivity index (χ4v) is 2.31. The lowest BCUT2D eigenvalue weighted by Gasteiger charge is -2.16. The molecule has 0 aliphatic carbocycles. The Balaban J connectivity index is 2.10. The normalized spacial score (nSPS) is 17.5. The van der Waals surface area contributed by atoms with E-state index in [9.17, 15) is 9.18 Å². The van der Waals surface area contributed by atoms with E-state index in [2.05, 4.69) is 11.8 Å². The fraction of sp³-hybridized carbons (Fsp3) is 0.438. The number of halogens is 1. The number of nitrogens with zero attached hydrogens (tertiary/aromatic N) is 1. The van der Waals surface area contributed by atoms with Gasteiger partial charge in [-0.2, -0.15) is 0 Å². The molecule has 1 fully saturated rings. The summed E-state index contributed by atoms with van der Waals surface area (Å²) in [6, 6.07) is 4.23. The SMILES string of the molecule is O=C(c1ccc(C#CCCO)c(F)c1)N1CCC(CO)C1. The van der Waals surface area contributed by atoms with Crippen LogP contribution in [0.1, 0.15) is 28.8 Å². The number of carbonyl (C=O) groups is 1. The zero-order chi connectivity index (χ0) is 15.2. The van der Waals surface area contributed by atoms with Gasteiger partial charge in [-0.3, -0.25) is 4.79 Å². The first-order valence-electron chi connectivity index (χ1n) is 6.95. The van der Waals surface area contributed by atoms with Crippen molar-refractivity contribution in [3.8, 4) is 11.8 Å². The van der Waals surface area contributed by atoms with Gasteiger partial charge in [0.25, 0.3) is 5.91 Å². The lowest BCUT2D eigenvalue weighted by atomic mass is 10.1. The van der Waals surface area contributed by atoms with Crippen LogP contribution in [0.15, 0.2) is 18.2 Å². The smallest absolute Gasteiger partial charge is 0.253 e. The van der Waals surface area contributed by atoms with E-state index >= 15 is 0 Å². The maximum absolute atomic E-state index is 13.9. The monoisotopic (exact) mass is 291 g/mol. The molecule has 1 atom stereocenters. The predicted molar refractivity (Wildman–Crippen MR) is 76.1 cm³/mol. The van der Waals surface area contributed by atoms with Gasteiger partial charge < -0.3 is 15.1 Å². The molecule has 0 radical (unpaired) electrons. The molecule has 1 heterocycles. The third-order valence-electron chi connectivity index (χ3n) is 3.51. The van der Waals surface area contributed by atoms with Crippen LogP contribution < -0.4 is 0 Å². The highest BCUT2D eigenvalue weighted by Gasteiger charge is 2.26. The van der Waals surface area contributed by atoms with Crippen molar-refractivity contribution in [1.82, 2.24) is 4.90 Å². The first kappa shape index (κ1) is 15.5. The van der Waals surface area contributed by atoms with Gasteiger partial charge in [-0.25, -0.2) is 4.39 Å². The molecule has 1 aliphatic rings. The number of benzene rings is 1. The summed E-state index contributed by atoms with van der Waals surface area (Å²) in [5.41, 5.74) is 0.508. The second-order valence-corrected chi connectivity index (χ2v) is 5.06. The zero-order valence-corrected chi connectivity index (χ0v) is 11.7. The van der Waals surface area contributed by atoms with Crippen LogP contribution in [-0.2, 0) is 0 Å². The molecular weight excluding hydrogens is 273 g/mol. The standard InChI is InChI=1S/C16H18FNO3/c17-15-9-14(5-4-13(15)3-1-2-8-19)16(21)18-7-6-12(10-18)11-20/h4-5,9,12,19-20H,2,6-8,10-11H2. The minimum atomic E-state index is -0.538. The van der Waals surface area contributed by atoms with Gasteiger partial charge in [-0.05, 0) is 24.6 Å². The molecule has 1 amide bonds. The molecular formula is C16H18FNO3. The van der Waals surface area contributed by atoms with Gasteiger partial charge in [0.2, 0.25) is 0 Å². The van der Waals surface area contributed by atoms with Crippen LogP contribution in [0.25, 0.3) is 0 Å².